The Balaban J connectivity index is 0.00000338. The van der Waals surface area contributed by atoms with Gasteiger partial charge in [-0.2, -0.15) is 4.31 Å². The Hall–Kier alpha value is -1.35. The minimum absolute atomic E-state index is 0. The van der Waals surface area contributed by atoms with Crippen molar-refractivity contribution in [1.29, 1.82) is 0 Å². The smallest absolute Gasteiger partial charge is 0.337 e. The summed E-state index contributed by atoms with van der Waals surface area (Å²) in [6.07, 6.45) is 1.66. The summed E-state index contributed by atoms with van der Waals surface area (Å²) >= 11 is 0. The maximum absolute atomic E-state index is 13.0. The number of methoxy groups -OCH3 is 2. The predicted octanol–water partition coefficient (Wildman–Crippen LogP) is 1.91. The number of halogens is 1. The highest BCUT2D eigenvalue weighted by atomic mass is 35.5. The van der Waals surface area contributed by atoms with Crippen LogP contribution in [0.1, 0.15) is 30.1 Å². The Bertz CT molecular complexity index is 703. The molecular weight excluding hydrogens is 380 g/mol. The minimum Gasteiger partial charge on any atom is -0.495 e. The van der Waals surface area contributed by atoms with E-state index in [-0.39, 0.29) is 28.6 Å². The highest BCUT2D eigenvalue weighted by molar-refractivity contribution is 7.89. The highest BCUT2D eigenvalue weighted by Crippen LogP contribution is 2.30. The van der Waals surface area contributed by atoms with Crippen molar-refractivity contribution in [2.24, 2.45) is 5.92 Å². The van der Waals surface area contributed by atoms with Crippen LogP contribution in [0.2, 0.25) is 0 Å². The number of nitrogens with one attached hydrogen (secondary N) is 1. The van der Waals surface area contributed by atoms with Crippen molar-refractivity contribution in [3.63, 3.8) is 0 Å². The second kappa shape index (κ2) is 10.1. The van der Waals surface area contributed by atoms with E-state index in [4.69, 9.17) is 4.74 Å². The Labute approximate surface area is 161 Å². The van der Waals surface area contributed by atoms with E-state index >= 15 is 0 Å². The summed E-state index contributed by atoms with van der Waals surface area (Å²) in [7, 11) is -1.00. The van der Waals surface area contributed by atoms with Gasteiger partial charge < -0.3 is 14.8 Å². The van der Waals surface area contributed by atoms with Crippen LogP contribution in [0.5, 0.6) is 5.75 Å². The van der Waals surface area contributed by atoms with Crippen molar-refractivity contribution in [1.82, 2.24) is 9.62 Å². The van der Waals surface area contributed by atoms with E-state index < -0.39 is 16.0 Å². The third-order valence-electron chi connectivity index (χ3n) is 4.46. The van der Waals surface area contributed by atoms with Crippen molar-refractivity contribution in [3.05, 3.63) is 23.8 Å². The van der Waals surface area contributed by atoms with Gasteiger partial charge in [-0.05, 0) is 50.0 Å². The summed E-state index contributed by atoms with van der Waals surface area (Å²) in [4.78, 5) is 11.7. The standard InChI is InChI=1S/C17H26N2O5S.ClH/c1-4-18-12-13-7-9-19(10-8-13)25(21,22)16-6-5-14(17(20)24-3)11-15(16)23-2;/h5-6,11,13,18H,4,7-10,12H2,1-3H3;1H. The number of carbonyl (C=O) groups excluding carboxylic acids is 1. The fourth-order valence-electron chi connectivity index (χ4n) is 2.97. The molecule has 0 unspecified atom stereocenters. The largest absolute Gasteiger partial charge is 0.495 e. The minimum atomic E-state index is -3.66. The first-order valence-electron chi connectivity index (χ1n) is 8.41. The number of piperidine rings is 1. The molecule has 0 spiro atoms. The van der Waals surface area contributed by atoms with Gasteiger partial charge in [-0.15, -0.1) is 12.4 Å². The number of sulfonamides is 1. The van der Waals surface area contributed by atoms with Gasteiger partial charge in [0.05, 0.1) is 19.8 Å². The van der Waals surface area contributed by atoms with Crippen molar-refractivity contribution in [2.75, 3.05) is 40.4 Å². The second-order valence-corrected chi connectivity index (χ2v) is 7.92. The van der Waals surface area contributed by atoms with Crippen LogP contribution < -0.4 is 10.1 Å². The quantitative estimate of drug-likeness (QED) is 0.696. The molecule has 0 saturated carbocycles. The summed E-state index contributed by atoms with van der Waals surface area (Å²) in [6.45, 7) is 4.87. The number of hydrogen-bond donors (Lipinski definition) is 1. The van der Waals surface area contributed by atoms with E-state index in [0.29, 0.717) is 19.0 Å². The molecule has 0 radical (unpaired) electrons. The molecule has 1 fully saturated rings. The molecule has 1 saturated heterocycles. The van der Waals surface area contributed by atoms with E-state index in [1.165, 1.54) is 36.7 Å². The number of benzene rings is 1. The second-order valence-electron chi connectivity index (χ2n) is 6.01. The van der Waals surface area contributed by atoms with Gasteiger partial charge in [0.1, 0.15) is 10.6 Å². The topological polar surface area (TPSA) is 84.9 Å². The lowest BCUT2D eigenvalue weighted by Crippen LogP contribution is -2.40. The van der Waals surface area contributed by atoms with Crippen LogP contribution >= 0.6 is 12.4 Å². The van der Waals surface area contributed by atoms with Crippen molar-refractivity contribution < 1.29 is 22.7 Å². The number of hydrogen-bond acceptors (Lipinski definition) is 6. The first-order valence-corrected chi connectivity index (χ1v) is 9.85. The molecule has 0 aromatic heterocycles. The third kappa shape index (κ3) is 5.09. The van der Waals surface area contributed by atoms with E-state index in [0.717, 1.165) is 25.9 Å². The molecule has 9 heteroatoms. The average molecular weight is 407 g/mol. The fourth-order valence-corrected chi connectivity index (χ4v) is 4.57. The van der Waals surface area contributed by atoms with Crippen LogP contribution in [0.4, 0.5) is 0 Å². The van der Waals surface area contributed by atoms with E-state index in [1.807, 2.05) is 0 Å². The molecule has 0 amide bonds. The van der Waals surface area contributed by atoms with Gasteiger partial charge in [0, 0.05) is 13.1 Å². The molecule has 1 aromatic carbocycles. The lowest BCUT2D eigenvalue weighted by Gasteiger charge is -2.31. The molecule has 26 heavy (non-hydrogen) atoms. The Morgan fingerprint density at radius 1 is 1.27 bits per heavy atom. The number of carbonyl (C=O) groups is 1. The van der Waals surface area contributed by atoms with Crippen LogP contribution in [-0.2, 0) is 14.8 Å². The summed E-state index contributed by atoms with van der Waals surface area (Å²) in [5.41, 5.74) is 0.252. The van der Waals surface area contributed by atoms with Crippen LogP contribution in [0, 0.1) is 5.92 Å². The first kappa shape index (κ1) is 22.7. The Morgan fingerprint density at radius 3 is 2.46 bits per heavy atom. The zero-order valence-corrected chi connectivity index (χ0v) is 17.0. The monoisotopic (exact) mass is 406 g/mol. The van der Waals surface area contributed by atoms with E-state index in [1.54, 1.807) is 0 Å². The maximum Gasteiger partial charge on any atom is 0.337 e. The molecule has 1 aliphatic rings. The van der Waals surface area contributed by atoms with Crippen molar-refractivity contribution in [2.45, 2.75) is 24.7 Å². The molecule has 1 aliphatic heterocycles. The summed E-state index contributed by atoms with van der Waals surface area (Å²) in [5.74, 6) is 0.110. The molecule has 1 aromatic rings. The van der Waals surface area contributed by atoms with Gasteiger partial charge in [0.15, 0.2) is 0 Å². The van der Waals surface area contributed by atoms with Crippen molar-refractivity contribution in [3.8, 4) is 5.75 Å². The van der Waals surface area contributed by atoms with E-state index in [2.05, 4.69) is 17.0 Å². The fraction of sp³-hybridized carbons (Fsp3) is 0.588. The predicted molar refractivity (Wildman–Crippen MR) is 102 cm³/mol. The summed E-state index contributed by atoms with van der Waals surface area (Å²) in [5, 5.41) is 3.31. The molecule has 1 N–H and O–H groups in total. The molecule has 1 heterocycles. The van der Waals surface area contributed by atoms with Gasteiger partial charge in [-0.1, -0.05) is 6.92 Å². The van der Waals surface area contributed by atoms with Gasteiger partial charge in [0.25, 0.3) is 0 Å². The Kier molecular flexibility index (Phi) is 8.82. The average Bonchev–Trinajstić information content (AvgIpc) is 2.65. The zero-order chi connectivity index (χ0) is 18.4. The van der Waals surface area contributed by atoms with Gasteiger partial charge in [-0.3, -0.25) is 0 Å². The number of esters is 1. The van der Waals surface area contributed by atoms with E-state index in [9.17, 15) is 13.2 Å². The number of ether oxygens (including phenoxy) is 2. The van der Waals surface area contributed by atoms with Crippen LogP contribution in [0.15, 0.2) is 23.1 Å². The molecule has 0 atom stereocenters. The van der Waals surface area contributed by atoms with Gasteiger partial charge in [0.2, 0.25) is 10.0 Å². The highest BCUT2D eigenvalue weighted by Gasteiger charge is 2.31. The normalized spacial score (nSPS) is 16.0. The summed E-state index contributed by atoms with van der Waals surface area (Å²) in [6, 6.07) is 4.25. The molecule has 2 rings (SSSR count). The van der Waals surface area contributed by atoms with Gasteiger partial charge >= 0.3 is 5.97 Å². The SMILES string of the molecule is CCNCC1CCN(S(=O)(=O)c2ccc(C(=O)OC)cc2OC)CC1.Cl. The van der Waals surface area contributed by atoms with Crippen LogP contribution in [-0.4, -0.2) is 59.1 Å². The lowest BCUT2D eigenvalue weighted by atomic mass is 9.98. The summed E-state index contributed by atoms with van der Waals surface area (Å²) < 4.78 is 37.3. The van der Waals surface area contributed by atoms with Gasteiger partial charge in [-0.25, -0.2) is 13.2 Å². The maximum atomic E-state index is 13.0. The van der Waals surface area contributed by atoms with Crippen LogP contribution in [0.3, 0.4) is 0 Å². The third-order valence-corrected chi connectivity index (χ3v) is 6.40. The molecule has 148 valence electrons. The molecule has 0 bridgehead atoms. The Morgan fingerprint density at radius 2 is 1.92 bits per heavy atom. The molecule has 7 nitrogen and oxygen atoms in total. The molecule has 0 aliphatic carbocycles. The lowest BCUT2D eigenvalue weighted by molar-refractivity contribution is 0.0600. The van der Waals surface area contributed by atoms with Crippen molar-refractivity contribution >= 4 is 28.4 Å². The van der Waals surface area contributed by atoms with Crippen LogP contribution in [0.25, 0.3) is 0 Å². The number of nitrogens with zero attached hydrogens (tertiary/aromatic N) is 1. The first-order chi connectivity index (χ1) is 11.9. The molecular formula is C17H27ClN2O5S. The zero-order valence-electron chi connectivity index (χ0n) is 15.4. The number of rotatable bonds is 7.